The summed E-state index contributed by atoms with van der Waals surface area (Å²) < 4.78 is 9.92. The second-order valence-corrected chi connectivity index (χ2v) is 5.29. The highest BCUT2D eigenvalue weighted by Gasteiger charge is 2.14. The number of phenolic OH excluding ortho intramolecular Hbond substituents is 2. The minimum absolute atomic E-state index is 0.0548. The number of hydrogen-bond donors (Lipinski definition) is 2. The molecule has 0 aliphatic rings. The fourth-order valence-electron chi connectivity index (χ4n) is 2.10. The Bertz CT molecular complexity index is 897. The van der Waals surface area contributed by atoms with E-state index in [0.29, 0.717) is 5.56 Å². The van der Waals surface area contributed by atoms with E-state index in [-0.39, 0.29) is 28.6 Å². The van der Waals surface area contributed by atoms with Gasteiger partial charge in [0.15, 0.2) is 5.78 Å². The van der Waals surface area contributed by atoms with Gasteiger partial charge in [0.05, 0.1) is 5.56 Å². The summed E-state index contributed by atoms with van der Waals surface area (Å²) in [5.41, 5.74) is 0.396. The number of allylic oxidation sites excluding steroid dienone is 1. The number of benzene rings is 2. The van der Waals surface area contributed by atoms with E-state index in [9.17, 15) is 24.6 Å². The van der Waals surface area contributed by atoms with E-state index < -0.39 is 17.7 Å². The average Bonchev–Trinajstić information content (AvgIpc) is 2.53. The number of ketones is 1. The summed E-state index contributed by atoms with van der Waals surface area (Å²) in [6.45, 7) is 2.40. The maximum Gasteiger partial charge on any atom is 0.308 e. The minimum atomic E-state index is -0.640. The van der Waals surface area contributed by atoms with E-state index in [2.05, 4.69) is 0 Å². The van der Waals surface area contributed by atoms with Crippen LogP contribution < -0.4 is 9.47 Å². The number of carbonyl (C=O) groups excluding carboxylic acids is 3. The predicted octanol–water partition coefficient (Wildman–Crippen LogP) is 2.84. The SMILES string of the molecule is CC(=O)Oc1ccc(C(=O)C=Cc2ccc(O)cc2O)c(OC(C)=O)c1. The summed E-state index contributed by atoms with van der Waals surface area (Å²) in [5, 5.41) is 19.0. The quantitative estimate of drug-likeness (QED) is 0.367. The molecular weight excluding hydrogens is 340 g/mol. The van der Waals surface area contributed by atoms with Gasteiger partial charge in [0, 0.05) is 31.5 Å². The fraction of sp³-hybridized carbons (Fsp3) is 0.105. The topological polar surface area (TPSA) is 110 Å². The number of ether oxygens (including phenoxy) is 2. The zero-order valence-corrected chi connectivity index (χ0v) is 14.1. The number of carbonyl (C=O) groups is 3. The Labute approximate surface area is 149 Å². The van der Waals surface area contributed by atoms with E-state index in [1.165, 1.54) is 56.3 Å². The number of hydrogen-bond acceptors (Lipinski definition) is 7. The van der Waals surface area contributed by atoms with Crippen LogP contribution in [0, 0.1) is 0 Å². The second kappa shape index (κ2) is 7.98. The highest BCUT2D eigenvalue weighted by molar-refractivity contribution is 6.09. The van der Waals surface area contributed by atoms with Gasteiger partial charge in [-0.05, 0) is 36.4 Å². The third-order valence-corrected chi connectivity index (χ3v) is 3.16. The fourth-order valence-corrected chi connectivity index (χ4v) is 2.10. The third kappa shape index (κ3) is 4.94. The van der Waals surface area contributed by atoms with Crippen LogP contribution in [0.5, 0.6) is 23.0 Å². The lowest BCUT2D eigenvalue weighted by molar-refractivity contribution is -0.132. The molecule has 0 saturated heterocycles. The molecule has 7 nitrogen and oxygen atoms in total. The first-order valence-electron chi connectivity index (χ1n) is 7.51. The molecule has 0 spiro atoms. The lowest BCUT2D eigenvalue weighted by Crippen LogP contribution is -2.08. The molecule has 0 atom stereocenters. The first-order valence-corrected chi connectivity index (χ1v) is 7.51. The van der Waals surface area contributed by atoms with Crippen LogP contribution in [-0.2, 0) is 9.59 Å². The lowest BCUT2D eigenvalue weighted by Gasteiger charge is -2.09. The van der Waals surface area contributed by atoms with Crippen LogP contribution in [0.3, 0.4) is 0 Å². The summed E-state index contributed by atoms with van der Waals surface area (Å²) in [7, 11) is 0. The van der Waals surface area contributed by atoms with Gasteiger partial charge in [-0.2, -0.15) is 0 Å². The Hall–Kier alpha value is -3.61. The first-order chi connectivity index (χ1) is 12.3. The zero-order valence-electron chi connectivity index (χ0n) is 14.1. The van der Waals surface area contributed by atoms with Gasteiger partial charge < -0.3 is 19.7 Å². The van der Waals surface area contributed by atoms with Crippen molar-refractivity contribution >= 4 is 23.8 Å². The van der Waals surface area contributed by atoms with Crippen molar-refractivity contribution in [1.29, 1.82) is 0 Å². The molecule has 0 amide bonds. The summed E-state index contributed by atoms with van der Waals surface area (Å²) in [5.74, 6) is -1.92. The lowest BCUT2D eigenvalue weighted by atomic mass is 10.1. The van der Waals surface area contributed by atoms with Crippen LogP contribution in [-0.4, -0.2) is 27.9 Å². The minimum Gasteiger partial charge on any atom is -0.508 e. The van der Waals surface area contributed by atoms with Crippen molar-refractivity contribution in [2.45, 2.75) is 13.8 Å². The van der Waals surface area contributed by atoms with Crippen molar-refractivity contribution in [3.05, 3.63) is 53.6 Å². The second-order valence-electron chi connectivity index (χ2n) is 5.29. The smallest absolute Gasteiger partial charge is 0.308 e. The third-order valence-electron chi connectivity index (χ3n) is 3.16. The van der Waals surface area contributed by atoms with Gasteiger partial charge in [0.25, 0.3) is 0 Å². The van der Waals surface area contributed by atoms with Crippen molar-refractivity contribution < 1.29 is 34.1 Å². The molecule has 0 aromatic heterocycles. The highest BCUT2D eigenvalue weighted by atomic mass is 16.5. The monoisotopic (exact) mass is 356 g/mol. The molecule has 0 heterocycles. The Morgan fingerprint density at radius 1 is 0.923 bits per heavy atom. The Kier molecular flexibility index (Phi) is 5.74. The van der Waals surface area contributed by atoms with E-state index in [1.807, 2.05) is 0 Å². The standard InChI is InChI=1S/C19H16O7/c1-11(20)25-15-6-7-16(19(10-15)26-12(2)21)17(23)8-4-13-3-5-14(22)9-18(13)24/h3-10,22,24H,1-2H3. The molecule has 2 aromatic rings. The van der Waals surface area contributed by atoms with Gasteiger partial charge in [-0.15, -0.1) is 0 Å². The van der Waals surface area contributed by atoms with Gasteiger partial charge in [-0.25, -0.2) is 0 Å². The van der Waals surface area contributed by atoms with Crippen molar-refractivity contribution in [2.75, 3.05) is 0 Å². The first kappa shape index (κ1) is 18.7. The molecule has 0 saturated carbocycles. The zero-order chi connectivity index (χ0) is 19.3. The van der Waals surface area contributed by atoms with E-state index in [4.69, 9.17) is 9.47 Å². The van der Waals surface area contributed by atoms with Crippen LogP contribution in [0.15, 0.2) is 42.5 Å². The molecule has 0 aliphatic carbocycles. The molecule has 0 fully saturated rings. The van der Waals surface area contributed by atoms with Crippen LogP contribution in [0.1, 0.15) is 29.8 Å². The molecule has 2 N–H and O–H groups in total. The maximum atomic E-state index is 12.4. The van der Waals surface area contributed by atoms with E-state index in [1.54, 1.807) is 0 Å². The van der Waals surface area contributed by atoms with Crippen LogP contribution in [0.25, 0.3) is 6.08 Å². The van der Waals surface area contributed by atoms with Gasteiger partial charge >= 0.3 is 11.9 Å². The van der Waals surface area contributed by atoms with E-state index in [0.717, 1.165) is 6.07 Å². The van der Waals surface area contributed by atoms with Gasteiger partial charge in [0.2, 0.25) is 0 Å². The molecule has 0 radical (unpaired) electrons. The van der Waals surface area contributed by atoms with Crippen molar-refractivity contribution in [1.82, 2.24) is 0 Å². The van der Waals surface area contributed by atoms with Crippen molar-refractivity contribution in [3.8, 4) is 23.0 Å². The molecule has 134 valence electrons. The van der Waals surface area contributed by atoms with Crippen LogP contribution >= 0.6 is 0 Å². The molecular formula is C19H16O7. The number of aromatic hydroxyl groups is 2. The van der Waals surface area contributed by atoms with Gasteiger partial charge in [-0.3, -0.25) is 14.4 Å². The summed E-state index contributed by atoms with van der Waals surface area (Å²) in [6, 6.07) is 7.96. The molecule has 26 heavy (non-hydrogen) atoms. The Balaban J connectivity index is 2.32. The van der Waals surface area contributed by atoms with Crippen LogP contribution in [0.2, 0.25) is 0 Å². The molecule has 0 aliphatic heterocycles. The van der Waals surface area contributed by atoms with Crippen molar-refractivity contribution in [2.24, 2.45) is 0 Å². The molecule has 2 rings (SSSR count). The van der Waals surface area contributed by atoms with Crippen LogP contribution in [0.4, 0.5) is 0 Å². The predicted molar refractivity (Wildman–Crippen MR) is 92.2 cm³/mol. The average molecular weight is 356 g/mol. The van der Waals surface area contributed by atoms with Gasteiger partial charge in [-0.1, -0.05) is 0 Å². The Morgan fingerprint density at radius 3 is 2.23 bits per heavy atom. The summed E-state index contributed by atoms with van der Waals surface area (Å²) >= 11 is 0. The maximum absolute atomic E-state index is 12.4. The highest BCUT2D eigenvalue weighted by Crippen LogP contribution is 2.27. The van der Waals surface area contributed by atoms with E-state index >= 15 is 0 Å². The summed E-state index contributed by atoms with van der Waals surface area (Å²) in [4.78, 5) is 34.7. The van der Waals surface area contributed by atoms with Gasteiger partial charge in [0.1, 0.15) is 23.0 Å². The molecule has 2 aromatic carbocycles. The van der Waals surface area contributed by atoms with Crippen molar-refractivity contribution in [3.63, 3.8) is 0 Å². The molecule has 7 heteroatoms. The largest absolute Gasteiger partial charge is 0.508 e. The summed E-state index contributed by atoms with van der Waals surface area (Å²) in [6.07, 6.45) is 2.54. The molecule has 0 bridgehead atoms. The number of esters is 2. The Morgan fingerprint density at radius 2 is 1.62 bits per heavy atom. The normalized spacial score (nSPS) is 10.5. The number of rotatable bonds is 5. The molecule has 0 unspecified atom stereocenters. The number of phenols is 2.